The average Bonchev–Trinajstić information content (AvgIpc) is 3.29. The Morgan fingerprint density at radius 1 is 1.16 bits per heavy atom. The highest BCUT2D eigenvalue weighted by Gasteiger charge is 2.29. The maximum Gasteiger partial charge on any atom is 0.250 e. The second-order valence-electron chi connectivity index (χ2n) is 6.31. The number of rotatable bonds is 6. The normalized spacial score (nSPS) is 18.3. The van der Waals surface area contributed by atoms with Crippen molar-refractivity contribution in [2.45, 2.75) is 23.1 Å². The predicted octanol–water partition coefficient (Wildman–Crippen LogP) is 2.39. The molecule has 1 aromatic heterocycles. The number of thiophene rings is 1. The Bertz CT molecular complexity index is 840. The third-order valence-electron chi connectivity index (χ3n) is 4.24. The van der Waals surface area contributed by atoms with Crippen LogP contribution in [0.15, 0.2) is 40.6 Å². The molecule has 1 aromatic carbocycles. The molecule has 0 radical (unpaired) electrons. The summed E-state index contributed by atoms with van der Waals surface area (Å²) in [5.41, 5.74) is 1.12. The van der Waals surface area contributed by atoms with Gasteiger partial charge in [-0.3, -0.25) is 0 Å². The van der Waals surface area contributed by atoms with Gasteiger partial charge in [0.15, 0.2) is 5.06 Å². The number of hydrogen-bond acceptors (Lipinski definition) is 6. The number of benzene rings is 1. The molecule has 0 amide bonds. The third-order valence-corrected chi connectivity index (χ3v) is 7.21. The van der Waals surface area contributed by atoms with E-state index in [0.29, 0.717) is 9.27 Å². The second-order valence-corrected chi connectivity index (χ2v) is 9.29. The SMILES string of the molecule is O=S(=O)(NC1CC1)c1ccc(Oc2cccc(N3CCNCC3)c2)s1. The van der Waals surface area contributed by atoms with Gasteiger partial charge in [-0.15, -0.1) is 0 Å². The Balaban J connectivity index is 1.47. The van der Waals surface area contributed by atoms with Gasteiger partial charge in [0.1, 0.15) is 9.96 Å². The first-order valence-electron chi connectivity index (χ1n) is 8.46. The van der Waals surface area contributed by atoms with E-state index in [0.717, 1.165) is 61.8 Å². The van der Waals surface area contributed by atoms with Crippen LogP contribution in [0, 0.1) is 0 Å². The van der Waals surface area contributed by atoms with Crippen LogP contribution in [-0.4, -0.2) is 40.6 Å². The Labute approximate surface area is 151 Å². The summed E-state index contributed by atoms with van der Waals surface area (Å²) < 4.78 is 33.4. The van der Waals surface area contributed by atoms with Crippen molar-refractivity contribution in [3.8, 4) is 10.8 Å². The summed E-state index contributed by atoms with van der Waals surface area (Å²) in [6.07, 6.45) is 1.85. The average molecular weight is 380 g/mol. The van der Waals surface area contributed by atoms with Crippen molar-refractivity contribution in [3.63, 3.8) is 0 Å². The lowest BCUT2D eigenvalue weighted by Crippen LogP contribution is -2.43. The van der Waals surface area contributed by atoms with E-state index >= 15 is 0 Å². The molecule has 2 fully saturated rings. The first kappa shape index (κ1) is 16.8. The van der Waals surface area contributed by atoms with E-state index in [9.17, 15) is 8.42 Å². The van der Waals surface area contributed by atoms with Crippen molar-refractivity contribution < 1.29 is 13.2 Å². The molecule has 2 aromatic rings. The van der Waals surface area contributed by atoms with Gasteiger partial charge in [0.25, 0.3) is 0 Å². The maximum atomic E-state index is 12.2. The fourth-order valence-corrected chi connectivity index (χ4v) is 5.24. The van der Waals surface area contributed by atoms with Crippen molar-refractivity contribution in [3.05, 3.63) is 36.4 Å². The molecule has 1 saturated carbocycles. The number of anilines is 1. The molecule has 4 rings (SSSR count). The fraction of sp³-hybridized carbons (Fsp3) is 0.412. The number of nitrogens with zero attached hydrogens (tertiary/aromatic N) is 1. The summed E-state index contributed by atoms with van der Waals surface area (Å²) >= 11 is 1.15. The standard InChI is InChI=1S/C17H21N3O3S2/c21-25(22,19-13-4-5-13)17-7-6-16(24-17)23-15-3-1-2-14(12-15)20-10-8-18-9-11-20/h1-3,6-7,12-13,18-19H,4-5,8-11H2. The number of nitrogens with one attached hydrogen (secondary N) is 2. The minimum absolute atomic E-state index is 0.104. The van der Waals surface area contributed by atoms with E-state index in [1.807, 2.05) is 18.2 Å². The predicted molar refractivity (Wildman–Crippen MR) is 99.3 cm³/mol. The lowest BCUT2D eigenvalue weighted by atomic mass is 10.2. The minimum atomic E-state index is -3.42. The Kier molecular flexibility index (Phi) is 4.68. The van der Waals surface area contributed by atoms with Gasteiger partial charge in [-0.1, -0.05) is 17.4 Å². The maximum absolute atomic E-state index is 12.2. The summed E-state index contributed by atoms with van der Waals surface area (Å²) in [6, 6.07) is 11.3. The first-order chi connectivity index (χ1) is 12.1. The van der Waals surface area contributed by atoms with Crippen LogP contribution in [-0.2, 0) is 10.0 Å². The van der Waals surface area contributed by atoms with Crippen molar-refractivity contribution in [1.82, 2.24) is 10.0 Å². The topological polar surface area (TPSA) is 70.7 Å². The van der Waals surface area contributed by atoms with Crippen molar-refractivity contribution in [2.24, 2.45) is 0 Å². The van der Waals surface area contributed by atoms with E-state index < -0.39 is 10.0 Å². The smallest absolute Gasteiger partial charge is 0.250 e. The molecule has 0 bridgehead atoms. The number of ether oxygens (including phenoxy) is 1. The summed E-state index contributed by atoms with van der Waals surface area (Å²) in [7, 11) is -3.42. The quantitative estimate of drug-likeness (QED) is 0.806. The van der Waals surface area contributed by atoms with Gasteiger partial charge in [-0.05, 0) is 37.1 Å². The number of piperazine rings is 1. The van der Waals surface area contributed by atoms with E-state index in [4.69, 9.17) is 4.74 Å². The molecule has 0 spiro atoms. The molecule has 2 heterocycles. The monoisotopic (exact) mass is 379 g/mol. The Morgan fingerprint density at radius 3 is 2.72 bits per heavy atom. The Hall–Kier alpha value is -1.61. The van der Waals surface area contributed by atoms with Gasteiger partial charge in [-0.2, -0.15) is 0 Å². The zero-order valence-electron chi connectivity index (χ0n) is 13.8. The van der Waals surface area contributed by atoms with Crippen LogP contribution in [0.4, 0.5) is 5.69 Å². The van der Waals surface area contributed by atoms with E-state index in [1.54, 1.807) is 12.1 Å². The highest BCUT2D eigenvalue weighted by atomic mass is 32.2. The summed E-state index contributed by atoms with van der Waals surface area (Å²) in [5, 5.41) is 3.92. The van der Waals surface area contributed by atoms with Crippen LogP contribution in [0.25, 0.3) is 0 Å². The van der Waals surface area contributed by atoms with Crippen LogP contribution < -0.4 is 19.7 Å². The van der Waals surface area contributed by atoms with Gasteiger partial charge in [0.05, 0.1) is 0 Å². The lowest BCUT2D eigenvalue weighted by molar-refractivity contribution is 0.496. The molecule has 2 aliphatic rings. The molecule has 1 aliphatic heterocycles. The summed E-state index contributed by atoms with van der Waals surface area (Å²) in [6.45, 7) is 3.89. The zero-order chi connectivity index (χ0) is 17.3. The minimum Gasteiger partial charge on any atom is -0.447 e. The molecule has 25 heavy (non-hydrogen) atoms. The molecular formula is C17H21N3O3S2. The Morgan fingerprint density at radius 2 is 1.96 bits per heavy atom. The van der Waals surface area contributed by atoms with Crippen molar-refractivity contribution in [1.29, 1.82) is 0 Å². The van der Waals surface area contributed by atoms with E-state index in [1.165, 1.54) is 0 Å². The molecule has 134 valence electrons. The van der Waals surface area contributed by atoms with Gasteiger partial charge >= 0.3 is 0 Å². The highest BCUT2D eigenvalue weighted by Crippen LogP contribution is 2.34. The van der Waals surface area contributed by atoms with Crippen LogP contribution in [0.2, 0.25) is 0 Å². The van der Waals surface area contributed by atoms with Gasteiger partial charge in [-0.25, -0.2) is 13.1 Å². The fourth-order valence-electron chi connectivity index (χ4n) is 2.76. The van der Waals surface area contributed by atoms with Gasteiger partial charge in [0, 0.05) is 44.0 Å². The molecule has 0 atom stereocenters. The van der Waals surface area contributed by atoms with Crippen molar-refractivity contribution in [2.75, 3.05) is 31.1 Å². The van der Waals surface area contributed by atoms with Gasteiger partial charge < -0.3 is 15.0 Å². The first-order valence-corrected chi connectivity index (χ1v) is 10.8. The van der Waals surface area contributed by atoms with Crippen LogP contribution >= 0.6 is 11.3 Å². The van der Waals surface area contributed by atoms with E-state index in [2.05, 4.69) is 21.0 Å². The number of sulfonamides is 1. The molecule has 2 N–H and O–H groups in total. The van der Waals surface area contributed by atoms with E-state index in [-0.39, 0.29) is 6.04 Å². The molecule has 1 saturated heterocycles. The van der Waals surface area contributed by atoms with Crippen LogP contribution in [0.1, 0.15) is 12.8 Å². The molecular weight excluding hydrogens is 358 g/mol. The lowest BCUT2D eigenvalue weighted by Gasteiger charge is -2.29. The number of hydrogen-bond donors (Lipinski definition) is 2. The molecule has 0 unspecified atom stereocenters. The van der Waals surface area contributed by atoms with Crippen LogP contribution in [0.5, 0.6) is 10.8 Å². The van der Waals surface area contributed by atoms with Crippen molar-refractivity contribution >= 4 is 27.0 Å². The summed E-state index contributed by atoms with van der Waals surface area (Å²) in [4.78, 5) is 2.31. The van der Waals surface area contributed by atoms with Gasteiger partial charge in [0.2, 0.25) is 10.0 Å². The van der Waals surface area contributed by atoms with Crippen LogP contribution in [0.3, 0.4) is 0 Å². The third kappa shape index (κ3) is 4.14. The zero-order valence-corrected chi connectivity index (χ0v) is 15.4. The molecule has 6 nitrogen and oxygen atoms in total. The summed E-state index contributed by atoms with van der Waals surface area (Å²) in [5.74, 6) is 0.719. The molecule has 1 aliphatic carbocycles. The molecule has 8 heteroatoms. The largest absolute Gasteiger partial charge is 0.447 e. The highest BCUT2D eigenvalue weighted by molar-refractivity contribution is 7.91. The second kappa shape index (κ2) is 6.95.